The molecule has 3 rings (SSSR count). The highest BCUT2D eigenvalue weighted by molar-refractivity contribution is 5.41. The Balaban J connectivity index is 2.02. The first kappa shape index (κ1) is 16.0. The molecule has 0 unspecified atom stereocenters. The Bertz CT molecular complexity index is 862. The molecule has 1 atom stereocenters. The van der Waals surface area contributed by atoms with Crippen LogP contribution in [0.4, 0.5) is 0 Å². The van der Waals surface area contributed by atoms with E-state index < -0.39 is 5.60 Å². The van der Waals surface area contributed by atoms with Gasteiger partial charge < -0.3 is 5.11 Å². The Kier molecular flexibility index (Phi) is 4.74. The van der Waals surface area contributed by atoms with Gasteiger partial charge in [-0.1, -0.05) is 72.7 Å². The van der Waals surface area contributed by atoms with Gasteiger partial charge in [-0.25, -0.2) is 4.98 Å². The standard InChI is InChI=1S/C22H19NO/c1-18-9-8-16-23-21(18)14-15-22(24,20-12-6-3-7-13-20)17-19-10-4-2-5-11-19/h2-13,16,24H,17H2,1H3/t22-/m0/s1. The van der Waals surface area contributed by atoms with Crippen LogP contribution >= 0.6 is 0 Å². The minimum Gasteiger partial charge on any atom is -0.373 e. The average molecular weight is 313 g/mol. The molecule has 2 aromatic carbocycles. The van der Waals surface area contributed by atoms with Crippen LogP contribution in [0.25, 0.3) is 0 Å². The molecule has 2 nitrogen and oxygen atoms in total. The van der Waals surface area contributed by atoms with Crippen molar-refractivity contribution in [2.45, 2.75) is 18.9 Å². The van der Waals surface area contributed by atoms with Crippen molar-refractivity contribution in [2.24, 2.45) is 0 Å². The van der Waals surface area contributed by atoms with Gasteiger partial charge in [0.25, 0.3) is 0 Å². The van der Waals surface area contributed by atoms with E-state index in [1.54, 1.807) is 6.20 Å². The lowest BCUT2D eigenvalue weighted by Crippen LogP contribution is -2.26. The summed E-state index contributed by atoms with van der Waals surface area (Å²) in [5, 5.41) is 11.3. The molecule has 24 heavy (non-hydrogen) atoms. The third-order valence-electron chi connectivity index (χ3n) is 3.95. The molecule has 0 spiro atoms. The maximum absolute atomic E-state index is 11.3. The van der Waals surface area contributed by atoms with Crippen LogP contribution in [0.5, 0.6) is 0 Å². The van der Waals surface area contributed by atoms with Gasteiger partial charge in [-0.2, -0.15) is 0 Å². The first-order valence-electron chi connectivity index (χ1n) is 7.94. The fourth-order valence-corrected chi connectivity index (χ4v) is 2.60. The highest BCUT2D eigenvalue weighted by Crippen LogP contribution is 2.25. The second kappa shape index (κ2) is 7.12. The topological polar surface area (TPSA) is 33.1 Å². The van der Waals surface area contributed by atoms with Gasteiger partial charge in [-0.05, 0) is 35.6 Å². The minimum atomic E-state index is -1.26. The Morgan fingerprint density at radius 3 is 2.25 bits per heavy atom. The van der Waals surface area contributed by atoms with E-state index in [2.05, 4.69) is 16.8 Å². The zero-order valence-electron chi connectivity index (χ0n) is 13.6. The van der Waals surface area contributed by atoms with E-state index in [1.165, 1.54) is 0 Å². The molecule has 0 saturated heterocycles. The van der Waals surface area contributed by atoms with Crippen LogP contribution in [0, 0.1) is 18.8 Å². The SMILES string of the molecule is Cc1cccnc1C#C[C@](O)(Cc1ccccc1)c1ccccc1. The Labute approximate surface area is 142 Å². The summed E-state index contributed by atoms with van der Waals surface area (Å²) in [5.41, 5.74) is 2.26. The summed E-state index contributed by atoms with van der Waals surface area (Å²) < 4.78 is 0. The van der Waals surface area contributed by atoms with Crippen LogP contribution in [0.1, 0.15) is 22.4 Å². The lowest BCUT2D eigenvalue weighted by molar-refractivity contribution is 0.101. The fraction of sp³-hybridized carbons (Fsp3) is 0.136. The highest BCUT2D eigenvalue weighted by atomic mass is 16.3. The fourth-order valence-electron chi connectivity index (χ4n) is 2.60. The summed E-state index contributed by atoms with van der Waals surface area (Å²) in [6, 6.07) is 23.3. The highest BCUT2D eigenvalue weighted by Gasteiger charge is 2.27. The molecular weight excluding hydrogens is 294 g/mol. The van der Waals surface area contributed by atoms with Crippen LogP contribution < -0.4 is 0 Å². The van der Waals surface area contributed by atoms with Gasteiger partial charge in [0, 0.05) is 12.6 Å². The average Bonchev–Trinajstić information content (AvgIpc) is 2.63. The third kappa shape index (κ3) is 3.71. The lowest BCUT2D eigenvalue weighted by atomic mass is 9.87. The molecule has 0 aliphatic carbocycles. The number of aryl methyl sites for hydroxylation is 1. The van der Waals surface area contributed by atoms with E-state index in [4.69, 9.17) is 0 Å². The maximum Gasteiger partial charge on any atom is 0.155 e. The van der Waals surface area contributed by atoms with Crippen LogP contribution in [0.3, 0.4) is 0 Å². The summed E-state index contributed by atoms with van der Waals surface area (Å²) in [7, 11) is 0. The largest absolute Gasteiger partial charge is 0.373 e. The number of hydrogen-bond donors (Lipinski definition) is 1. The molecule has 0 aliphatic heterocycles. The van der Waals surface area contributed by atoms with Crippen molar-refractivity contribution in [1.29, 1.82) is 0 Å². The number of nitrogens with zero attached hydrogens (tertiary/aromatic N) is 1. The summed E-state index contributed by atoms with van der Waals surface area (Å²) in [4.78, 5) is 4.30. The zero-order chi connectivity index (χ0) is 16.8. The molecule has 1 aromatic heterocycles. The molecule has 3 aromatic rings. The Morgan fingerprint density at radius 1 is 0.917 bits per heavy atom. The van der Waals surface area contributed by atoms with Crippen molar-refractivity contribution < 1.29 is 5.11 Å². The number of benzene rings is 2. The third-order valence-corrected chi connectivity index (χ3v) is 3.95. The van der Waals surface area contributed by atoms with E-state index in [0.29, 0.717) is 12.1 Å². The summed E-state index contributed by atoms with van der Waals surface area (Å²) in [6.07, 6.45) is 2.15. The van der Waals surface area contributed by atoms with Crippen LogP contribution in [0.2, 0.25) is 0 Å². The Morgan fingerprint density at radius 2 is 1.58 bits per heavy atom. The molecule has 0 aliphatic rings. The van der Waals surface area contributed by atoms with E-state index in [1.807, 2.05) is 79.7 Å². The normalized spacial score (nSPS) is 12.8. The quantitative estimate of drug-likeness (QED) is 0.745. The molecule has 2 heteroatoms. The van der Waals surface area contributed by atoms with Gasteiger partial charge in [0.1, 0.15) is 5.69 Å². The van der Waals surface area contributed by atoms with E-state index in [9.17, 15) is 5.11 Å². The molecule has 0 amide bonds. The van der Waals surface area contributed by atoms with Gasteiger partial charge in [0.2, 0.25) is 0 Å². The summed E-state index contributed by atoms with van der Waals surface area (Å²) >= 11 is 0. The predicted octanol–water partition coefficient (Wildman–Crippen LogP) is 3.87. The van der Waals surface area contributed by atoms with Crippen molar-refractivity contribution >= 4 is 0 Å². The molecule has 0 saturated carbocycles. The zero-order valence-corrected chi connectivity index (χ0v) is 13.6. The second-order valence-corrected chi connectivity index (χ2v) is 5.81. The summed E-state index contributed by atoms with van der Waals surface area (Å²) in [6.45, 7) is 1.97. The maximum atomic E-state index is 11.3. The first-order valence-corrected chi connectivity index (χ1v) is 7.94. The number of pyridine rings is 1. The van der Waals surface area contributed by atoms with Gasteiger partial charge in [0.15, 0.2) is 5.60 Å². The van der Waals surface area contributed by atoms with Crippen LogP contribution in [-0.2, 0) is 12.0 Å². The molecule has 0 fully saturated rings. The number of hydrogen-bond acceptors (Lipinski definition) is 2. The van der Waals surface area contributed by atoms with E-state index in [-0.39, 0.29) is 0 Å². The van der Waals surface area contributed by atoms with Gasteiger partial charge in [-0.3, -0.25) is 0 Å². The van der Waals surface area contributed by atoms with Crippen molar-refractivity contribution in [1.82, 2.24) is 4.98 Å². The monoisotopic (exact) mass is 313 g/mol. The van der Waals surface area contributed by atoms with Crippen molar-refractivity contribution in [2.75, 3.05) is 0 Å². The van der Waals surface area contributed by atoms with Gasteiger partial charge in [0.05, 0.1) is 0 Å². The smallest absolute Gasteiger partial charge is 0.155 e. The van der Waals surface area contributed by atoms with Crippen molar-refractivity contribution in [3.05, 3.63) is 101 Å². The minimum absolute atomic E-state index is 0.427. The van der Waals surface area contributed by atoms with Crippen LogP contribution in [0.15, 0.2) is 79.0 Å². The number of rotatable bonds is 3. The first-order chi connectivity index (χ1) is 11.7. The van der Waals surface area contributed by atoms with Crippen molar-refractivity contribution in [3.8, 4) is 11.8 Å². The molecule has 0 bridgehead atoms. The second-order valence-electron chi connectivity index (χ2n) is 5.81. The van der Waals surface area contributed by atoms with Crippen molar-refractivity contribution in [3.63, 3.8) is 0 Å². The summed E-state index contributed by atoms with van der Waals surface area (Å²) in [5.74, 6) is 6.12. The van der Waals surface area contributed by atoms with Crippen LogP contribution in [-0.4, -0.2) is 10.1 Å². The van der Waals surface area contributed by atoms with Gasteiger partial charge in [-0.15, -0.1) is 0 Å². The number of aromatic nitrogens is 1. The Hall–Kier alpha value is -2.89. The molecule has 1 heterocycles. The predicted molar refractivity (Wildman–Crippen MR) is 96.3 cm³/mol. The molecular formula is C22H19NO. The molecule has 1 N–H and O–H groups in total. The molecule has 118 valence electrons. The lowest BCUT2D eigenvalue weighted by Gasteiger charge is -2.23. The number of aliphatic hydroxyl groups is 1. The van der Waals surface area contributed by atoms with E-state index >= 15 is 0 Å². The molecule has 0 radical (unpaired) electrons. The van der Waals surface area contributed by atoms with Gasteiger partial charge >= 0.3 is 0 Å². The van der Waals surface area contributed by atoms with E-state index in [0.717, 1.165) is 16.7 Å².